The van der Waals surface area contributed by atoms with E-state index in [0.717, 1.165) is 38.9 Å². The lowest BCUT2D eigenvalue weighted by Crippen LogP contribution is -2.00. The molecular weight excluding hydrogens is 400 g/mol. The van der Waals surface area contributed by atoms with E-state index in [4.69, 9.17) is 4.74 Å². The normalized spacial score (nSPS) is 11.8. The van der Waals surface area contributed by atoms with E-state index < -0.39 is 0 Å². The highest BCUT2D eigenvalue weighted by molar-refractivity contribution is 6.22. The molecule has 0 aromatic heterocycles. The van der Waals surface area contributed by atoms with E-state index >= 15 is 0 Å². The number of hydrogen-bond donors (Lipinski definition) is 1. The van der Waals surface area contributed by atoms with Crippen molar-refractivity contribution in [3.05, 3.63) is 107 Å². The van der Waals surface area contributed by atoms with Crippen molar-refractivity contribution in [2.75, 3.05) is 7.11 Å². The highest BCUT2D eigenvalue weighted by Gasteiger charge is 2.27. The fourth-order valence-electron chi connectivity index (χ4n) is 4.16. The van der Waals surface area contributed by atoms with Crippen molar-refractivity contribution in [1.82, 2.24) is 0 Å². The first-order chi connectivity index (χ1) is 15.6. The molecule has 0 spiro atoms. The van der Waals surface area contributed by atoms with Gasteiger partial charge in [-0.1, -0.05) is 60.7 Å². The van der Waals surface area contributed by atoms with Crippen molar-refractivity contribution in [3.8, 4) is 33.4 Å². The molecule has 4 aromatic rings. The van der Waals surface area contributed by atoms with Crippen LogP contribution >= 0.6 is 0 Å². The average molecular weight is 420 g/mol. The van der Waals surface area contributed by atoms with Gasteiger partial charge >= 0.3 is 5.97 Å². The van der Waals surface area contributed by atoms with E-state index in [1.165, 1.54) is 7.11 Å². The number of fused-ring (bicyclic) bond motifs is 3. The third kappa shape index (κ3) is 3.31. The molecule has 1 aliphatic carbocycles. The molecule has 4 heteroatoms. The first-order valence-electron chi connectivity index (χ1n) is 10.3. The van der Waals surface area contributed by atoms with Crippen LogP contribution in [0.15, 0.2) is 84.9 Å². The second-order valence-corrected chi connectivity index (χ2v) is 7.77. The standard InChI is InChI=1S/C28H20O4/c1-32-28(31)20-8-6-19(7-9-20)22-11-13-24-23-12-10-21(14-25(23)27(30)26(24)15-22)18-4-2-17(16-29)3-5-18/h2-15,29H,16H2,1H3. The van der Waals surface area contributed by atoms with Crippen molar-refractivity contribution in [3.63, 3.8) is 0 Å². The summed E-state index contributed by atoms with van der Waals surface area (Å²) in [5.41, 5.74) is 8.40. The molecule has 1 aliphatic rings. The minimum Gasteiger partial charge on any atom is -0.465 e. The van der Waals surface area contributed by atoms with Gasteiger partial charge in [0, 0.05) is 11.1 Å². The van der Waals surface area contributed by atoms with Crippen molar-refractivity contribution in [2.45, 2.75) is 6.61 Å². The van der Waals surface area contributed by atoms with Crippen LogP contribution in [0.3, 0.4) is 0 Å². The van der Waals surface area contributed by atoms with E-state index in [9.17, 15) is 14.7 Å². The molecule has 5 rings (SSSR count). The number of ketones is 1. The summed E-state index contributed by atoms with van der Waals surface area (Å²) in [6.45, 7) is 0.00596. The number of benzene rings is 4. The Morgan fingerprint density at radius 3 is 1.62 bits per heavy atom. The summed E-state index contributed by atoms with van der Waals surface area (Å²) < 4.78 is 4.75. The van der Waals surface area contributed by atoms with E-state index in [-0.39, 0.29) is 18.4 Å². The molecule has 0 heterocycles. The lowest BCUT2D eigenvalue weighted by Gasteiger charge is -2.07. The van der Waals surface area contributed by atoms with E-state index in [0.29, 0.717) is 16.7 Å². The van der Waals surface area contributed by atoms with Crippen molar-refractivity contribution in [1.29, 1.82) is 0 Å². The number of aliphatic hydroxyl groups is 1. The van der Waals surface area contributed by atoms with Crippen LogP contribution in [-0.4, -0.2) is 24.0 Å². The van der Waals surface area contributed by atoms with Crippen molar-refractivity contribution >= 4 is 11.8 Å². The number of carbonyl (C=O) groups excluding carboxylic acids is 2. The zero-order chi connectivity index (χ0) is 22.2. The maximum absolute atomic E-state index is 13.2. The van der Waals surface area contributed by atoms with Gasteiger partial charge in [0.05, 0.1) is 19.3 Å². The number of esters is 1. The molecule has 1 N–H and O–H groups in total. The van der Waals surface area contributed by atoms with Crippen molar-refractivity contribution < 1.29 is 19.4 Å². The molecule has 156 valence electrons. The van der Waals surface area contributed by atoms with Gasteiger partial charge in [-0.3, -0.25) is 4.79 Å². The fourth-order valence-corrected chi connectivity index (χ4v) is 4.16. The molecule has 0 amide bonds. The summed E-state index contributed by atoms with van der Waals surface area (Å²) in [6.07, 6.45) is 0. The van der Waals surface area contributed by atoms with Crippen LogP contribution in [0, 0.1) is 0 Å². The monoisotopic (exact) mass is 420 g/mol. The van der Waals surface area contributed by atoms with Gasteiger partial charge in [-0.05, 0) is 63.2 Å². The summed E-state index contributed by atoms with van der Waals surface area (Å²) in [5, 5.41) is 9.25. The van der Waals surface area contributed by atoms with Gasteiger partial charge in [-0.15, -0.1) is 0 Å². The largest absolute Gasteiger partial charge is 0.465 e. The summed E-state index contributed by atoms with van der Waals surface area (Å²) in [5.74, 6) is -0.366. The number of carbonyl (C=O) groups is 2. The lowest BCUT2D eigenvalue weighted by atomic mass is 9.97. The van der Waals surface area contributed by atoms with Gasteiger partial charge < -0.3 is 9.84 Å². The van der Waals surface area contributed by atoms with Crippen LogP contribution in [-0.2, 0) is 11.3 Å². The van der Waals surface area contributed by atoms with Gasteiger partial charge in [-0.25, -0.2) is 4.79 Å². The van der Waals surface area contributed by atoms with Gasteiger partial charge in [0.2, 0.25) is 0 Å². The van der Waals surface area contributed by atoms with Gasteiger partial charge in [0.15, 0.2) is 5.78 Å². The van der Waals surface area contributed by atoms with Crippen LogP contribution in [0.4, 0.5) is 0 Å². The lowest BCUT2D eigenvalue weighted by molar-refractivity contribution is 0.0600. The summed E-state index contributed by atoms with van der Waals surface area (Å²) >= 11 is 0. The Bertz CT molecular complexity index is 1350. The maximum Gasteiger partial charge on any atom is 0.337 e. The van der Waals surface area contributed by atoms with Gasteiger partial charge in [-0.2, -0.15) is 0 Å². The van der Waals surface area contributed by atoms with E-state index in [1.54, 1.807) is 12.1 Å². The molecule has 0 radical (unpaired) electrons. The Labute approximate surface area is 185 Å². The molecule has 4 aromatic carbocycles. The fraction of sp³-hybridized carbons (Fsp3) is 0.0714. The second-order valence-electron chi connectivity index (χ2n) is 7.77. The number of hydrogen-bond acceptors (Lipinski definition) is 4. The molecule has 0 saturated heterocycles. The summed E-state index contributed by atoms with van der Waals surface area (Å²) in [7, 11) is 1.36. The highest BCUT2D eigenvalue weighted by atomic mass is 16.5. The van der Waals surface area contributed by atoms with Crippen LogP contribution in [0.25, 0.3) is 33.4 Å². The first kappa shape index (κ1) is 19.9. The third-order valence-corrected chi connectivity index (χ3v) is 5.93. The molecule has 0 saturated carbocycles. The Morgan fingerprint density at radius 1 is 0.688 bits per heavy atom. The molecule has 0 atom stereocenters. The second kappa shape index (κ2) is 7.91. The molecule has 0 aliphatic heterocycles. The summed E-state index contributed by atoms with van der Waals surface area (Å²) in [6, 6.07) is 26.7. The zero-order valence-corrected chi connectivity index (χ0v) is 17.5. The Balaban J connectivity index is 1.49. The van der Waals surface area contributed by atoms with Crippen molar-refractivity contribution in [2.24, 2.45) is 0 Å². The van der Waals surface area contributed by atoms with E-state index in [1.807, 2.05) is 72.8 Å². The molecule has 32 heavy (non-hydrogen) atoms. The molecule has 0 fully saturated rings. The minimum absolute atomic E-state index is 0.00596. The maximum atomic E-state index is 13.2. The molecule has 4 nitrogen and oxygen atoms in total. The number of ether oxygens (including phenoxy) is 1. The first-order valence-corrected chi connectivity index (χ1v) is 10.3. The molecule has 0 bridgehead atoms. The van der Waals surface area contributed by atoms with Crippen LogP contribution in [0.5, 0.6) is 0 Å². The topological polar surface area (TPSA) is 63.6 Å². The number of aliphatic hydroxyl groups excluding tert-OH is 1. The Kier molecular flexibility index (Phi) is 4.92. The van der Waals surface area contributed by atoms with Crippen LogP contribution in [0.2, 0.25) is 0 Å². The predicted octanol–water partition coefficient (Wildman–Crippen LogP) is 5.51. The highest BCUT2D eigenvalue weighted by Crippen LogP contribution is 2.40. The number of rotatable bonds is 4. The smallest absolute Gasteiger partial charge is 0.337 e. The Hall–Kier alpha value is -4.02. The van der Waals surface area contributed by atoms with Crippen LogP contribution in [0.1, 0.15) is 31.8 Å². The Morgan fingerprint density at radius 2 is 1.16 bits per heavy atom. The van der Waals surface area contributed by atoms with Gasteiger partial charge in [0.25, 0.3) is 0 Å². The van der Waals surface area contributed by atoms with Gasteiger partial charge in [0.1, 0.15) is 0 Å². The van der Waals surface area contributed by atoms with Crippen LogP contribution < -0.4 is 0 Å². The van der Waals surface area contributed by atoms with E-state index in [2.05, 4.69) is 0 Å². The molecule has 0 unspecified atom stereocenters. The summed E-state index contributed by atoms with van der Waals surface area (Å²) in [4.78, 5) is 24.9. The molecular formula is C28H20O4. The third-order valence-electron chi connectivity index (χ3n) is 5.93. The number of methoxy groups -OCH3 is 1. The predicted molar refractivity (Wildman–Crippen MR) is 123 cm³/mol. The minimum atomic E-state index is -0.377. The quantitative estimate of drug-likeness (QED) is 0.389. The SMILES string of the molecule is COC(=O)c1ccc(-c2ccc3c(c2)C(=O)c2cc(-c4ccc(CO)cc4)ccc2-3)cc1. The zero-order valence-electron chi connectivity index (χ0n) is 17.5. The average Bonchev–Trinajstić information content (AvgIpc) is 3.14.